The van der Waals surface area contributed by atoms with E-state index in [1.165, 1.54) is 7.05 Å². The predicted octanol–water partition coefficient (Wildman–Crippen LogP) is 2.82. The van der Waals surface area contributed by atoms with Crippen molar-refractivity contribution in [3.05, 3.63) is 22.2 Å². The molecule has 18 heavy (non-hydrogen) atoms. The third-order valence-corrected chi connectivity index (χ3v) is 2.60. The summed E-state index contributed by atoms with van der Waals surface area (Å²) < 4.78 is 38.0. The molecule has 1 rings (SSSR count). The van der Waals surface area contributed by atoms with Crippen LogP contribution in [-0.4, -0.2) is 26.8 Å². The summed E-state index contributed by atoms with van der Waals surface area (Å²) >= 11 is 5.13. The van der Waals surface area contributed by atoms with Crippen molar-refractivity contribution in [1.29, 1.82) is 0 Å². The minimum Gasteiger partial charge on any atom is -0.475 e. The van der Waals surface area contributed by atoms with Gasteiger partial charge in [0.05, 0.1) is 11.4 Å². The van der Waals surface area contributed by atoms with Crippen molar-refractivity contribution >= 4 is 23.6 Å². The molecule has 0 aliphatic carbocycles. The van der Waals surface area contributed by atoms with Gasteiger partial charge in [0.1, 0.15) is 5.03 Å². The first kappa shape index (κ1) is 14.6. The van der Waals surface area contributed by atoms with E-state index in [4.69, 9.17) is 16.7 Å². The van der Waals surface area contributed by atoms with Crippen LogP contribution in [0.4, 0.5) is 13.2 Å². The van der Waals surface area contributed by atoms with E-state index in [9.17, 15) is 18.0 Å². The molecular formula is C10H10ClF3N2O2. The molecule has 0 amide bonds. The van der Waals surface area contributed by atoms with Crippen molar-refractivity contribution in [3.63, 3.8) is 0 Å². The monoisotopic (exact) mass is 282 g/mol. The number of nitrogens with zero attached hydrogens (tertiary/aromatic N) is 2. The van der Waals surface area contributed by atoms with Gasteiger partial charge in [0.2, 0.25) is 5.82 Å². The molecule has 8 heteroatoms. The molecule has 1 aromatic rings. The van der Waals surface area contributed by atoms with Gasteiger partial charge in [0.15, 0.2) is 0 Å². The van der Waals surface area contributed by atoms with Crippen LogP contribution in [-0.2, 0) is 13.5 Å². The van der Waals surface area contributed by atoms with Gasteiger partial charge in [-0.3, -0.25) is 0 Å². The highest BCUT2D eigenvalue weighted by Crippen LogP contribution is 2.31. The lowest BCUT2D eigenvalue weighted by Crippen LogP contribution is -2.09. The smallest absolute Gasteiger partial charge is 0.427 e. The second-order valence-corrected chi connectivity index (χ2v) is 3.88. The molecule has 1 N–H and O–H groups in total. The fourth-order valence-corrected chi connectivity index (χ4v) is 1.50. The van der Waals surface area contributed by atoms with Gasteiger partial charge in [0, 0.05) is 7.05 Å². The molecule has 0 saturated heterocycles. The normalized spacial score (nSPS) is 12.9. The number of alkyl halides is 3. The molecule has 0 atom stereocenters. The van der Waals surface area contributed by atoms with Crippen molar-refractivity contribution in [3.8, 4) is 0 Å². The maximum Gasteiger partial charge on any atom is 0.427 e. The first-order valence-corrected chi connectivity index (χ1v) is 5.29. The number of hydrogen-bond acceptors (Lipinski definition) is 2. The van der Waals surface area contributed by atoms with Crippen LogP contribution >= 0.6 is 11.6 Å². The van der Waals surface area contributed by atoms with Crippen LogP contribution in [0, 0.1) is 0 Å². The van der Waals surface area contributed by atoms with Crippen molar-refractivity contribution in [2.45, 2.75) is 19.5 Å². The number of carboxylic acid groups (broad SMARTS) is 1. The van der Waals surface area contributed by atoms with Gasteiger partial charge in [-0.15, -0.1) is 0 Å². The zero-order valence-corrected chi connectivity index (χ0v) is 10.3. The van der Waals surface area contributed by atoms with Crippen LogP contribution in [0.15, 0.2) is 5.03 Å². The zero-order chi connectivity index (χ0) is 14.1. The summed E-state index contributed by atoms with van der Waals surface area (Å²) in [5.74, 6) is -1.64. The summed E-state index contributed by atoms with van der Waals surface area (Å²) in [5, 5.41) is 7.51. The topological polar surface area (TPSA) is 55.1 Å². The van der Waals surface area contributed by atoms with Crippen molar-refractivity contribution in [2.24, 2.45) is 7.05 Å². The van der Waals surface area contributed by atoms with Gasteiger partial charge in [-0.1, -0.05) is 18.5 Å². The number of allylic oxidation sites excluding steroid dienone is 1. The Balaban J connectivity index is 3.37. The Morgan fingerprint density at radius 1 is 1.56 bits per heavy atom. The van der Waals surface area contributed by atoms with Crippen LogP contribution in [0.25, 0.3) is 6.08 Å². The van der Waals surface area contributed by atoms with E-state index in [0.29, 0.717) is 12.5 Å². The average molecular weight is 283 g/mol. The maximum atomic E-state index is 12.3. The molecule has 100 valence electrons. The zero-order valence-electron chi connectivity index (χ0n) is 9.55. The van der Waals surface area contributed by atoms with Crippen LogP contribution in [0.1, 0.15) is 28.9 Å². The lowest BCUT2D eigenvalue weighted by molar-refractivity contribution is -0.0837. The molecule has 0 aromatic carbocycles. The Labute approximate surface area is 106 Å². The highest BCUT2D eigenvalue weighted by molar-refractivity contribution is 6.32. The summed E-state index contributed by atoms with van der Waals surface area (Å²) in [4.78, 5) is 14.6. The number of halogens is 4. The van der Waals surface area contributed by atoms with E-state index in [-0.39, 0.29) is 17.2 Å². The van der Waals surface area contributed by atoms with E-state index >= 15 is 0 Å². The van der Waals surface area contributed by atoms with Crippen LogP contribution < -0.4 is 0 Å². The third kappa shape index (κ3) is 2.84. The van der Waals surface area contributed by atoms with Crippen molar-refractivity contribution < 1.29 is 23.1 Å². The quantitative estimate of drug-likeness (QED) is 0.927. The van der Waals surface area contributed by atoms with E-state index < -0.39 is 17.2 Å². The molecule has 4 nitrogen and oxygen atoms in total. The predicted molar refractivity (Wildman–Crippen MR) is 59.4 cm³/mol. The highest BCUT2D eigenvalue weighted by atomic mass is 35.5. The van der Waals surface area contributed by atoms with E-state index in [1.54, 1.807) is 6.92 Å². The lowest BCUT2D eigenvalue weighted by atomic mass is 10.2. The van der Waals surface area contributed by atoms with Crippen LogP contribution in [0.5, 0.6) is 0 Å². The minimum absolute atomic E-state index is 0.0391. The largest absolute Gasteiger partial charge is 0.475 e. The number of carbonyl (C=O) groups is 1. The maximum absolute atomic E-state index is 12.3. The highest BCUT2D eigenvalue weighted by Gasteiger charge is 2.33. The van der Waals surface area contributed by atoms with Crippen LogP contribution in [0.3, 0.4) is 0 Å². The number of aromatic nitrogens is 2. The van der Waals surface area contributed by atoms with E-state index in [0.717, 1.165) is 4.57 Å². The summed E-state index contributed by atoms with van der Waals surface area (Å²) in [5.41, 5.74) is 0.287. The molecule has 0 saturated carbocycles. The molecule has 0 radical (unpaired) electrons. The number of aryl methyl sites for hydroxylation is 1. The van der Waals surface area contributed by atoms with Crippen LogP contribution in [0.2, 0.25) is 0 Å². The molecule has 0 unspecified atom stereocenters. The first-order valence-electron chi connectivity index (χ1n) is 4.91. The third-order valence-electron chi connectivity index (χ3n) is 2.28. The van der Waals surface area contributed by atoms with Gasteiger partial charge in [0.25, 0.3) is 0 Å². The number of aromatic carboxylic acids is 1. The van der Waals surface area contributed by atoms with Gasteiger partial charge >= 0.3 is 12.1 Å². The average Bonchev–Trinajstić information content (AvgIpc) is 2.55. The number of hydrogen-bond donors (Lipinski definition) is 1. The molecule has 0 bridgehead atoms. The summed E-state index contributed by atoms with van der Waals surface area (Å²) in [6.07, 6.45) is -3.69. The van der Waals surface area contributed by atoms with Gasteiger partial charge < -0.3 is 9.67 Å². The molecule has 1 aromatic heterocycles. The minimum atomic E-state index is -4.67. The fourth-order valence-electron chi connectivity index (χ4n) is 1.40. The second kappa shape index (κ2) is 5.01. The van der Waals surface area contributed by atoms with Crippen molar-refractivity contribution in [2.75, 3.05) is 0 Å². The summed E-state index contributed by atoms with van der Waals surface area (Å²) in [6, 6.07) is 0. The first-order chi connectivity index (χ1) is 8.18. The Hall–Kier alpha value is -1.50. The van der Waals surface area contributed by atoms with Gasteiger partial charge in [-0.2, -0.15) is 13.2 Å². The summed E-state index contributed by atoms with van der Waals surface area (Å²) in [7, 11) is 1.32. The Kier molecular flexibility index (Phi) is 4.05. The molecule has 0 spiro atoms. The SMILES string of the molecule is CCc1nc(C(=O)O)n(C)c1C=C(Cl)C(F)(F)F. The molecule has 0 aliphatic heterocycles. The Bertz CT molecular complexity index is 506. The van der Waals surface area contributed by atoms with Gasteiger partial charge in [-0.25, -0.2) is 9.78 Å². The Morgan fingerprint density at radius 2 is 2.11 bits per heavy atom. The summed E-state index contributed by atoms with van der Waals surface area (Å²) in [6.45, 7) is 1.66. The molecule has 0 fully saturated rings. The van der Waals surface area contributed by atoms with E-state index in [2.05, 4.69) is 4.98 Å². The Morgan fingerprint density at radius 3 is 2.50 bits per heavy atom. The van der Waals surface area contributed by atoms with E-state index in [1.807, 2.05) is 0 Å². The number of imidazole rings is 1. The second-order valence-electron chi connectivity index (χ2n) is 3.48. The van der Waals surface area contributed by atoms with Gasteiger partial charge in [-0.05, 0) is 12.5 Å². The standard InChI is InChI=1S/C10H10ClF3N2O2/c1-3-5-6(4-7(11)10(12,13)14)16(2)8(15-5)9(17)18/h4H,3H2,1-2H3,(H,17,18). The van der Waals surface area contributed by atoms with Crippen molar-refractivity contribution in [1.82, 2.24) is 9.55 Å². The molecule has 1 heterocycles. The molecule has 0 aliphatic rings. The lowest BCUT2D eigenvalue weighted by Gasteiger charge is -2.05. The fraction of sp³-hybridized carbons (Fsp3) is 0.400. The number of carboxylic acids is 1. The molecular weight excluding hydrogens is 273 g/mol. The number of rotatable bonds is 3.